The molecule has 1 N–H and O–H groups in total. The fraction of sp³-hybridized carbons (Fsp3) is 0.444. The van der Waals surface area contributed by atoms with Crippen LogP contribution in [-0.4, -0.2) is 47.3 Å². The molecule has 3 rings (SSSR count). The first-order valence-corrected chi connectivity index (χ1v) is 8.15. The lowest BCUT2D eigenvalue weighted by atomic mass is 9.91. The van der Waals surface area contributed by atoms with Gasteiger partial charge in [0.25, 0.3) is 0 Å². The predicted molar refractivity (Wildman–Crippen MR) is 88.0 cm³/mol. The summed E-state index contributed by atoms with van der Waals surface area (Å²) in [5, 5.41) is 9.93. The lowest BCUT2D eigenvalue weighted by Crippen LogP contribution is -2.40. The number of hydrogen-bond acceptors (Lipinski definition) is 6. The van der Waals surface area contributed by atoms with Gasteiger partial charge in [-0.2, -0.15) is 0 Å². The van der Waals surface area contributed by atoms with E-state index in [9.17, 15) is 9.90 Å². The minimum atomic E-state index is -1.02. The zero-order valence-corrected chi connectivity index (χ0v) is 13.7. The van der Waals surface area contributed by atoms with Crippen LogP contribution >= 0.6 is 0 Å². The summed E-state index contributed by atoms with van der Waals surface area (Å²) in [4.78, 5) is 18.2. The van der Waals surface area contributed by atoms with E-state index >= 15 is 0 Å². The number of aliphatic hydroxyl groups excluding tert-OH is 1. The summed E-state index contributed by atoms with van der Waals surface area (Å²) in [6.07, 6.45) is 2.20. The van der Waals surface area contributed by atoms with Gasteiger partial charge in [0, 0.05) is 12.1 Å². The molecule has 0 saturated carbocycles. The summed E-state index contributed by atoms with van der Waals surface area (Å²) in [7, 11) is 1.30. The molecule has 24 heavy (non-hydrogen) atoms. The van der Waals surface area contributed by atoms with Gasteiger partial charge in [-0.15, -0.1) is 0 Å². The molecule has 1 aromatic carbocycles. The molecular weight excluding hydrogens is 308 g/mol. The van der Waals surface area contributed by atoms with E-state index in [1.165, 1.54) is 7.11 Å². The quantitative estimate of drug-likeness (QED) is 0.846. The third-order valence-corrected chi connectivity index (χ3v) is 4.48. The van der Waals surface area contributed by atoms with Crippen LogP contribution in [0.2, 0.25) is 0 Å². The second-order valence-corrected chi connectivity index (χ2v) is 6.09. The van der Waals surface area contributed by atoms with Crippen LogP contribution in [0.1, 0.15) is 18.5 Å². The molecule has 0 spiro atoms. The van der Waals surface area contributed by atoms with E-state index in [4.69, 9.17) is 4.42 Å². The first-order chi connectivity index (χ1) is 11.7. The first kappa shape index (κ1) is 16.7. The largest absolute Gasteiger partial charge is 0.467 e. The van der Waals surface area contributed by atoms with Gasteiger partial charge in [0.05, 0.1) is 12.8 Å². The van der Waals surface area contributed by atoms with Crippen molar-refractivity contribution in [3.63, 3.8) is 0 Å². The van der Waals surface area contributed by atoms with Gasteiger partial charge in [-0.1, -0.05) is 18.2 Å². The Bertz CT molecular complexity index is 663. The lowest BCUT2D eigenvalue weighted by Gasteiger charge is -2.32. The average molecular weight is 330 g/mol. The molecule has 0 bridgehead atoms. The Morgan fingerprint density at radius 1 is 1.38 bits per heavy atom. The van der Waals surface area contributed by atoms with Gasteiger partial charge in [-0.25, -0.2) is 9.78 Å². The van der Waals surface area contributed by atoms with Crippen molar-refractivity contribution in [3.05, 3.63) is 42.3 Å². The van der Waals surface area contributed by atoms with Gasteiger partial charge in [0.1, 0.15) is 6.26 Å². The number of aromatic nitrogens is 1. The third kappa shape index (κ3) is 3.83. The Morgan fingerprint density at radius 3 is 2.75 bits per heavy atom. The number of aliphatic hydroxyl groups is 1. The van der Waals surface area contributed by atoms with Crippen LogP contribution in [0.3, 0.4) is 0 Å². The number of rotatable bonds is 5. The minimum Gasteiger partial charge on any atom is -0.467 e. The van der Waals surface area contributed by atoms with E-state index in [0.29, 0.717) is 12.4 Å². The number of oxazole rings is 1. The topological polar surface area (TPSA) is 75.8 Å². The molecule has 128 valence electrons. The third-order valence-electron chi connectivity index (χ3n) is 4.48. The maximum atomic E-state index is 11.4. The fourth-order valence-electron chi connectivity index (χ4n) is 3.06. The number of ether oxygens (including phenoxy) is 1. The van der Waals surface area contributed by atoms with Gasteiger partial charge >= 0.3 is 5.97 Å². The molecule has 1 aromatic heterocycles. The van der Waals surface area contributed by atoms with Gasteiger partial charge in [-0.3, -0.25) is 4.90 Å². The van der Waals surface area contributed by atoms with Gasteiger partial charge < -0.3 is 14.3 Å². The van der Waals surface area contributed by atoms with Gasteiger partial charge in [0.2, 0.25) is 5.89 Å². The molecule has 1 fully saturated rings. The first-order valence-electron chi connectivity index (χ1n) is 8.15. The van der Waals surface area contributed by atoms with E-state index in [2.05, 4.69) is 14.6 Å². The van der Waals surface area contributed by atoms with Crippen molar-refractivity contribution in [1.29, 1.82) is 0 Å². The van der Waals surface area contributed by atoms with Crippen molar-refractivity contribution in [1.82, 2.24) is 9.88 Å². The molecule has 1 aliphatic rings. The van der Waals surface area contributed by atoms with Crippen molar-refractivity contribution in [2.75, 3.05) is 20.2 Å². The summed E-state index contributed by atoms with van der Waals surface area (Å²) in [6, 6.07) is 9.80. The fourth-order valence-corrected chi connectivity index (χ4v) is 3.06. The number of benzene rings is 1. The molecule has 0 aliphatic carbocycles. The molecule has 1 saturated heterocycles. The Kier molecular flexibility index (Phi) is 5.27. The van der Waals surface area contributed by atoms with Crippen molar-refractivity contribution in [3.8, 4) is 11.5 Å². The van der Waals surface area contributed by atoms with Crippen LogP contribution in [0.4, 0.5) is 0 Å². The average Bonchev–Trinajstić information content (AvgIpc) is 3.10. The molecular formula is C18H22N2O4. The number of carbonyl (C=O) groups is 1. The molecule has 6 heteroatoms. The van der Waals surface area contributed by atoms with Gasteiger partial charge in [-0.05, 0) is 44.0 Å². The van der Waals surface area contributed by atoms with Crippen LogP contribution in [0, 0.1) is 5.92 Å². The number of esters is 1. The Morgan fingerprint density at radius 2 is 2.08 bits per heavy atom. The van der Waals surface area contributed by atoms with E-state index in [-0.39, 0.29) is 5.92 Å². The van der Waals surface area contributed by atoms with Crippen LogP contribution in [0.25, 0.3) is 11.5 Å². The van der Waals surface area contributed by atoms with E-state index < -0.39 is 12.1 Å². The molecule has 2 heterocycles. The Hall–Kier alpha value is -2.18. The molecule has 6 nitrogen and oxygen atoms in total. The van der Waals surface area contributed by atoms with Crippen LogP contribution in [-0.2, 0) is 16.1 Å². The number of hydrogen-bond donors (Lipinski definition) is 1. The second-order valence-electron chi connectivity index (χ2n) is 6.09. The molecule has 2 aromatic rings. The summed E-state index contributed by atoms with van der Waals surface area (Å²) < 4.78 is 10.2. The van der Waals surface area contributed by atoms with Crippen LogP contribution in [0.5, 0.6) is 0 Å². The number of methoxy groups -OCH3 is 1. The van der Waals surface area contributed by atoms with Crippen LogP contribution < -0.4 is 0 Å². The van der Waals surface area contributed by atoms with Crippen molar-refractivity contribution >= 4 is 5.97 Å². The summed E-state index contributed by atoms with van der Waals surface area (Å²) in [5.74, 6) is 0.0462. The highest BCUT2D eigenvalue weighted by atomic mass is 16.5. The summed E-state index contributed by atoms with van der Waals surface area (Å²) in [5.41, 5.74) is 1.85. The maximum Gasteiger partial charge on any atom is 0.334 e. The molecule has 1 aliphatic heterocycles. The SMILES string of the molecule is COC(=O)C(O)C1CCN(Cc2coc(-c3ccccc3)n2)CC1. The maximum absolute atomic E-state index is 11.4. The van der Waals surface area contributed by atoms with Crippen LogP contribution in [0.15, 0.2) is 41.0 Å². The zero-order valence-electron chi connectivity index (χ0n) is 13.7. The molecule has 1 unspecified atom stereocenters. The smallest absolute Gasteiger partial charge is 0.334 e. The number of likely N-dealkylation sites (tertiary alicyclic amines) is 1. The number of carbonyl (C=O) groups excluding carboxylic acids is 1. The highest BCUT2D eigenvalue weighted by Gasteiger charge is 2.30. The molecule has 0 amide bonds. The minimum absolute atomic E-state index is 0.0362. The van der Waals surface area contributed by atoms with Crippen molar-refractivity contribution in [2.24, 2.45) is 5.92 Å². The van der Waals surface area contributed by atoms with E-state index in [1.807, 2.05) is 30.3 Å². The monoisotopic (exact) mass is 330 g/mol. The zero-order chi connectivity index (χ0) is 16.9. The second kappa shape index (κ2) is 7.59. The van der Waals surface area contributed by atoms with Crippen molar-refractivity contribution < 1.29 is 19.1 Å². The number of nitrogens with zero attached hydrogens (tertiary/aromatic N) is 2. The molecule has 0 radical (unpaired) electrons. The Labute approximate surface area is 141 Å². The Balaban J connectivity index is 1.54. The van der Waals surface area contributed by atoms with Gasteiger partial charge in [0.15, 0.2) is 6.10 Å². The summed E-state index contributed by atoms with van der Waals surface area (Å²) >= 11 is 0. The molecule has 1 atom stereocenters. The summed E-state index contributed by atoms with van der Waals surface area (Å²) in [6.45, 7) is 2.33. The van der Waals surface area contributed by atoms with E-state index in [1.54, 1.807) is 6.26 Å². The normalized spacial score (nSPS) is 17.6. The standard InChI is InChI=1S/C18H22N2O4/c1-23-18(22)16(21)13-7-9-20(10-8-13)11-15-12-24-17(19-15)14-5-3-2-4-6-14/h2-6,12-13,16,21H,7-11H2,1H3. The van der Waals surface area contributed by atoms with E-state index in [0.717, 1.165) is 37.2 Å². The predicted octanol–water partition coefficient (Wildman–Crippen LogP) is 2.09. The number of piperidine rings is 1. The highest BCUT2D eigenvalue weighted by molar-refractivity contribution is 5.74. The van der Waals surface area contributed by atoms with Crippen molar-refractivity contribution in [2.45, 2.75) is 25.5 Å². The highest BCUT2D eigenvalue weighted by Crippen LogP contribution is 2.24. The lowest BCUT2D eigenvalue weighted by molar-refractivity contribution is -0.154.